The molecule has 1 heterocycles. The summed E-state index contributed by atoms with van der Waals surface area (Å²) < 4.78 is 0. The molecule has 0 atom stereocenters. The maximum Gasteiger partial charge on any atom is 0.326 e. The molecule has 2 rings (SSSR count). The van der Waals surface area contributed by atoms with Gasteiger partial charge in [0.1, 0.15) is 5.82 Å². The van der Waals surface area contributed by atoms with E-state index < -0.39 is 6.03 Å². The Labute approximate surface area is 128 Å². The molecule has 0 aliphatic heterocycles. The van der Waals surface area contributed by atoms with Gasteiger partial charge in [-0.25, -0.2) is 9.78 Å². The molecule has 7 heteroatoms. The Morgan fingerprint density at radius 2 is 1.95 bits per heavy atom. The monoisotopic (exact) mass is 301 g/mol. The average Bonchev–Trinajstić information content (AvgIpc) is 2.48. The number of carbonyl (C=O) groups is 1. The van der Waals surface area contributed by atoms with Crippen molar-refractivity contribution < 1.29 is 9.90 Å². The Hall–Kier alpha value is -2.67. The van der Waals surface area contributed by atoms with E-state index in [1.165, 1.54) is 0 Å². The largest absolute Gasteiger partial charge is 0.396 e. The van der Waals surface area contributed by atoms with Crippen LogP contribution in [0.15, 0.2) is 36.4 Å². The SMILES string of the molecule is Cc1cc(NCCCO)nc(NC(=O)Nc2ccccc2)n1. The number of nitrogens with one attached hydrogen (secondary N) is 3. The maximum atomic E-state index is 11.9. The fourth-order valence-electron chi connectivity index (χ4n) is 1.80. The van der Waals surface area contributed by atoms with Crippen LogP contribution in [-0.2, 0) is 0 Å². The van der Waals surface area contributed by atoms with Gasteiger partial charge in [-0.2, -0.15) is 4.98 Å². The summed E-state index contributed by atoms with van der Waals surface area (Å²) in [5.41, 5.74) is 1.42. The standard InChI is InChI=1S/C15H19N5O2/c1-11-10-13(16-8-5-9-21)19-14(17-11)20-15(22)18-12-6-3-2-4-7-12/h2-4,6-7,10,21H,5,8-9H2,1H3,(H3,16,17,18,19,20,22). The number of amides is 2. The molecule has 0 spiro atoms. The maximum absolute atomic E-state index is 11.9. The van der Waals surface area contributed by atoms with E-state index in [1.807, 2.05) is 25.1 Å². The first-order valence-corrected chi connectivity index (χ1v) is 7.01. The number of rotatable bonds is 6. The Kier molecular flexibility index (Phi) is 5.67. The molecule has 0 aliphatic rings. The van der Waals surface area contributed by atoms with Crippen molar-refractivity contribution in [2.24, 2.45) is 0 Å². The summed E-state index contributed by atoms with van der Waals surface area (Å²) in [4.78, 5) is 20.3. The van der Waals surface area contributed by atoms with E-state index in [0.29, 0.717) is 24.5 Å². The minimum absolute atomic E-state index is 0.113. The molecule has 4 N–H and O–H groups in total. The van der Waals surface area contributed by atoms with Crippen molar-refractivity contribution in [3.63, 3.8) is 0 Å². The second-order valence-corrected chi connectivity index (χ2v) is 4.67. The second-order valence-electron chi connectivity index (χ2n) is 4.67. The first kappa shape index (κ1) is 15.7. The first-order chi connectivity index (χ1) is 10.7. The highest BCUT2D eigenvalue weighted by Gasteiger charge is 2.07. The molecule has 2 aromatic rings. The van der Waals surface area contributed by atoms with Crippen LogP contribution in [0, 0.1) is 6.92 Å². The summed E-state index contributed by atoms with van der Waals surface area (Å²) in [7, 11) is 0. The van der Waals surface area contributed by atoms with E-state index in [0.717, 1.165) is 5.69 Å². The summed E-state index contributed by atoms with van der Waals surface area (Å²) in [5.74, 6) is 0.830. The van der Waals surface area contributed by atoms with Crippen LogP contribution >= 0.6 is 0 Å². The van der Waals surface area contributed by atoms with Gasteiger partial charge in [0, 0.05) is 30.6 Å². The predicted octanol–water partition coefficient (Wildman–Crippen LogP) is 2.22. The third-order valence-electron chi connectivity index (χ3n) is 2.75. The van der Waals surface area contributed by atoms with Gasteiger partial charge in [-0.05, 0) is 25.5 Å². The highest BCUT2D eigenvalue weighted by Crippen LogP contribution is 2.11. The van der Waals surface area contributed by atoms with E-state index in [9.17, 15) is 4.79 Å². The third kappa shape index (κ3) is 5.02. The summed E-state index contributed by atoms with van der Waals surface area (Å²) in [6.07, 6.45) is 0.625. The fourth-order valence-corrected chi connectivity index (χ4v) is 1.80. The number of aryl methyl sites for hydroxylation is 1. The van der Waals surface area contributed by atoms with Crippen LogP contribution in [-0.4, -0.2) is 34.3 Å². The van der Waals surface area contributed by atoms with Crippen LogP contribution in [0.5, 0.6) is 0 Å². The van der Waals surface area contributed by atoms with E-state index in [-0.39, 0.29) is 12.6 Å². The topological polar surface area (TPSA) is 99.2 Å². The van der Waals surface area contributed by atoms with Gasteiger partial charge in [-0.15, -0.1) is 0 Å². The highest BCUT2D eigenvalue weighted by molar-refractivity contribution is 5.98. The van der Waals surface area contributed by atoms with Crippen LogP contribution in [0.1, 0.15) is 12.1 Å². The molecule has 0 unspecified atom stereocenters. The molecule has 1 aromatic heterocycles. The molecule has 0 aliphatic carbocycles. The van der Waals surface area contributed by atoms with Crippen molar-refractivity contribution in [3.8, 4) is 0 Å². The average molecular weight is 301 g/mol. The normalized spacial score (nSPS) is 10.1. The van der Waals surface area contributed by atoms with Crippen molar-refractivity contribution in [1.29, 1.82) is 0 Å². The molecule has 0 saturated heterocycles. The van der Waals surface area contributed by atoms with E-state index >= 15 is 0 Å². The molecule has 0 fully saturated rings. The smallest absolute Gasteiger partial charge is 0.326 e. The number of hydrogen-bond acceptors (Lipinski definition) is 5. The minimum Gasteiger partial charge on any atom is -0.396 e. The molecule has 0 bridgehead atoms. The van der Waals surface area contributed by atoms with Gasteiger partial charge in [-0.3, -0.25) is 5.32 Å². The predicted molar refractivity (Wildman–Crippen MR) is 86.0 cm³/mol. The summed E-state index contributed by atoms with van der Waals surface area (Å²) >= 11 is 0. The molecular weight excluding hydrogens is 282 g/mol. The minimum atomic E-state index is -0.405. The Morgan fingerprint density at radius 1 is 1.18 bits per heavy atom. The van der Waals surface area contributed by atoms with Crippen molar-refractivity contribution >= 4 is 23.5 Å². The highest BCUT2D eigenvalue weighted by atomic mass is 16.3. The van der Waals surface area contributed by atoms with Gasteiger partial charge in [-0.1, -0.05) is 18.2 Å². The summed E-state index contributed by atoms with van der Waals surface area (Å²) in [6, 6.07) is 10.5. The van der Waals surface area contributed by atoms with Crippen molar-refractivity contribution in [2.45, 2.75) is 13.3 Å². The molecule has 0 radical (unpaired) electrons. The Bertz CT molecular complexity index is 619. The number of para-hydroxylation sites is 1. The second kappa shape index (κ2) is 7.94. The van der Waals surface area contributed by atoms with E-state index in [4.69, 9.17) is 5.11 Å². The number of benzene rings is 1. The lowest BCUT2D eigenvalue weighted by Crippen LogP contribution is -2.21. The lowest BCUT2D eigenvalue weighted by atomic mass is 10.3. The van der Waals surface area contributed by atoms with Gasteiger partial charge in [0.2, 0.25) is 5.95 Å². The Balaban J connectivity index is 1.98. The molecule has 22 heavy (non-hydrogen) atoms. The van der Waals surface area contributed by atoms with Crippen molar-refractivity contribution in [2.75, 3.05) is 29.1 Å². The number of carbonyl (C=O) groups excluding carboxylic acids is 1. The lowest BCUT2D eigenvalue weighted by molar-refractivity contribution is 0.262. The molecule has 0 saturated carbocycles. The van der Waals surface area contributed by atoms with Crippen LogP contribution in [0.25, 0.3) is 0 Å². The quantitative estimate of drug-likeness (QED) is 0.613. The zero-order valence-corrected chi connectivity index (χ0v) is 12.3. The molecular formula is C15H19N5O2. The van der Waals surface area contributed by atoms with Gasteiger partial charge in [0.25, 0.3) is 0 Å². The van der Waals surface area contributed by atoms with Crippen LogP contribution < -0.4 is 16.0 Å². The summed E-state index contributed by atoms with van der Waals surface area (Å²) in [5, 5.41) is 17.1. The number of nitrogens with zero attached hydrogens (tertiary/aromatic N) is 2. The first-order valence-electron chi connectivity index (χ1n) is 7.01. The zero-order valence-electron chi connectivity index (χ0n) is 12.3. The number of aliphatic hydroxyl groups is 1. The molecule has 116 valence electrons. The number of hydrogen-bond donors (Lipinski definition) is 4. The van der Waals surface area contributed by atoms with Crippen LogP contribution in [0.2, 0.25) is 0 Å². The van der Waals surface area contributed by atoms with Crippen LogP contribution in [0.4, 0.5) is 22.2 Å². The zero-order chi connectivity index (χ0) is 15.8. The van der Waals surface area contributed by atoms with E-state index in [2.05, 4.69) is 25.9 Å². The van der Waals surface area contributed by atoms with E-state index in [1.54, 1.807) is 18.2 Å². The fraction of sp³-hybridized carbons (Fsp3) is 0.267. The number of aliphatic hydroxyl groups excluding tert-OH is 1. The summed E-state index contributed by atoms with van der Waals surface area (Å²) in [6.45, 7) is 2.53. The van der Waals surface area contributed by atoms with Gasteiger partial charge in [0.05, 0.1) is 0 Å². The van der Waals surface area contributed by atoms with Crippen molar-refractivity contribution in [3.05, 3.63) is 42.1 Å². The molecule has 1 aromatic carbocycles. The number of urea groups is 1. The van der Waals surface area contributed by atoms with Crippen molar-refractivity contribution in [1.82, 2.24) is 9.97 Å². The molecule has 2 amide bonds. The van der Waals surface area contributed by atoms with Crippen LogP contribution in [0.3, 0.4) is 0 Å². The van der Waals surface area contributed by atoms with Gasteiger partial charge in [0.15, 0.2) is 0 Å². The number of aromatic nitrogens is 2. The van der Waals surface area contributed by atoms with Gasteiger partial charge >= 0.3 is 6.03 Å². The number of anilines is 3. The lowest BCUT2D eigenvalue weighted by Gasteiger charge is -2.09. The van der Waals surface area contributed by atoms with Gasteiger partial charge < -0.3 is 15.7 Å². The third-order valence-corrected chi connectivity index (χ3v) is 2.75. The Morgan fingerprint density at radius 3 is 2.68 bits per heavy atom. The molecule has 7 nitrogen and oxygen atoms in total.